The van der Waals surface area contributed by atoms with Crippen molar-refractivity contribution in [2.24, 2.45) is 5.73 Å². The predicted octanol–water partition coefficient (Wildman–Crippen LogP) is 2.39. The third-order valence-corrected chi connectivity index (χ3v) is 5.05. The van der Waals surface area contributed by atoms with Crippen molar-refractivity contribution in [2.45, 2.75) is 25.4 Å². The van der Waals surface area contributed by atoms with Crippen molar-refractivity contribution >= 4 is 15.9 Å². The Bertz CT molecular complexity index is 433. The van der Waals surface area contributed by atoms with Gasteiger partial charge in [-0.3, -0.25) is 4.90 Å². The third kappa shape index (κ3) is 3.37. The monoisotopic (exact) mass is 325 g/mol. The molecule has 1 aromatic rings. The Morgan fingerprint density at radius 1 is 1.47 bits per heavy atom. The molecule has 2 atom stereocenters. The van der Waals surface area contributed by atoms with Gasteiger partial charge in [-0.2, -0.15) is 0 Å². The molecular formula is C15H24BrN3. The molecule has 0 spiro atoms. The van der Waals surface area contributed by atoms with E-state index in [0.29, 0.717) is 18.6 Å². The highest BCUT2D eigenvalue weighted by atomic mass is 79.9. The second kappa shape index (κ2) is 6.35. The Morgan fingerprint density at radius 3 is 2.74 bits per heavy atom. The number of hydrogen-bond donors (Lipinski definition) is 1. The van der Waals surface area contributed by atoms with E-state index in [-0.39, 0.29) is 0 Å². The molecule has 1 aromatic carbocycles. The summed E-state index contributed by atoms with van der Waals surface area (Å²) in [6.45, 7) is 5.07. The van der Waals surface area contributed by atoms with E-state index in [2.05, 4.69) is 64.9 Å². The highest BCUT2D eigenvalue weighted by Gasteiger charge is 2.29. The lowest BCUT2D eigenvalue weighted by Gasteiger charge is -2.28. The van der Waals surface area contributed by atoms with Crippen LogP contribution in [0.25, 0.3) is 0 Å². The molecule has 0 amide bonds. The fourth-order valence-electron chi connectivity index (χ4n) is 2.84. The van der Waals surface area contributed by atoms with Crippen LogP contribution in [0.2, 0.25) is 0 Å². The number of likely N-dealkylation sites (N-methyl/N-ethyl adjacent to an activating group) is 1. The molecule has 2 N–H and O–H groups in total. The number of aryl methyl sites for hydroxylation is 1. The summed E-state index contributed by atoms with van der Waals surface area (Å²) in [6, 6.07) is 7.58. The van der Waals surface area contributed by atoms with E-state index in [1.807, 2.05) is 0 Å². The molecule has 2 rings (SSSR count). The summed E-state index contributed by atoms with van der Waals surface area (Å²) in [6.07, 6.45) is 1.24. The predicted molar refractivity (Wildman–Crippen MR) is 84.3 cm³/mol. The molecule has 1 fully saturated rings. The van der Waals surface area contributed by atoms with Crippen molar-refractivity contribution in [3.05, 3.63) is 33.8 Å². The van der Waals surface area contributed by atoms with Gasteiger partial charge in [0.2, 0.25) is 0 Å². The lowest BCUT2D eigenvalue weighted by Crippen LogP contribution is -2.36. The van der Waals surface area contributed by atoms with Gasteiger partial charge < -0.3 is 10.6 Å². The molecule has 1 aliphatic rings. The zero-order chi connectivity index (χ0) is 14.0. The Kier molecular flexibility index (Phi) is 5.01. The van der Waals surface area contributed by atoms with Crippen molar-refractivity contribution in [1.82, 2.24) is 9.80 Å². The van der Waals surface area contributed by atoms with Gasteiger partial charge in [0.05, 0.1) is 0 Å². The zero-order valence-corrected chi connectivity index (χ0v) is 13.7. The average Bonchev–Trinajstić information content (AvgIpc) is 2.84. The third-order valence-electron chi connectivity index (χ3n) is 4.16. The Morgan fingerprint density at radius 2 is 2.21 bits per heavy atom. The Balaban J connectivity index is 2.14. The second-order valence-corrected chi connectivity index (χ2v) is 6.52. The molecule has 1 aliphatic heterocycles. The number of nitrogens with two attached hydrogens (primary N) is 1. The molecule has 0 aromatic heterocycles. The first-order valence-electron chi connectivity index (χ1n) is 6.89. The van der Waals surface area contributed by atoms with Crippen molar-refractivity contribution in [3.8, 4) is 0 Å². The van der Waals surface area contributed by atoms with Crippen molar-refractivity contribution in [2.75, 3.05) is 33.7 Å². The highest BCUT2D eigenvalue weighted by Crippen LogP contribution is 2.28. The van der Waals surface area contributed by atoms with Crippen molar-refractivity contribution in [1.29, 1.82) is 0 Å². The van der Waals surface area contributed by atoms with Gasteiger partial charge in [-0.1, -0.05) is 28.1 Å². The van der Waals surface area contributed by atoms with E-state index < -0.39 is 0 Å². The summed E-state index contributed by atoms with van der Waals surface area (Å²) in [7, 11) is 4.32. The maximum absolute atomic E-state index is 6.03. The quantitative estimate of drug-likeness (QED) is 0.922. The largest absolute Gasteiger partial charge is 0.329 e. The normalized spacial score (nSPS) is 22.1. The fraction of sp³-hybridized carbons (Fsp3) is 0.600. The first-order chi connectivity index (χ1) is 9.02. The minimum Gasteiger partial charge on any atom is -0.329 e. The van der Waals surface area contributed by atoms with Gasteiger partial charge in [0, 0.05) is 36.2 Å². The van der Waals surface area contributed by atoms with Crippen molar-refractivity contribution < 1.29 is 0 Å². The summed E-state index contributed by atoms with van der Waals surface area (Å²) in [5, 5.41) is 0. The van der Waals surface area contributed by atoms with E-state index in [1.165, 1.54) is 22.0 Å². The molecule has 0 saturated carbocycles. The summed E-state index contributed by atoms with van der Waals surface area (Å²) in [5.74, 6) is 0. The van der Waals surface area contributed by atoms with Crippen molar-refractivity contribution in [3.63, 3.8) is 0 Å². The number of halogens is 1. The number of benzene rings is 1. The molecule has 3 nitrogen and oxygen atoms in total. The fourth-order valence-corrected chi connectivity index (χ4v) is 3.09. The van der Waals surface area contributed by atoms with Gasteiger partial charge in [0.1, 0.15) is 0 Å². The Labute approximate surface area is 124 Å². The topological polar surface area (TPSA) is 32.5 Å². The van der Waals surface area contributed by atoms with Crippen LogP contribution in [0.4, 0.5) is 0 Å². The van der Waals surface area contributed by atoms with E-state index in [1.54, 1.807) is 0 Å². The molecule has 0 bridgehead atoms. The van der Waals surface area contributed by atoms with Crippen LogP contribution in [0.5, 0.6) is 0 Å². The molecule has 1 heterocycles. The molecule has 0 radical (unpaired) electrons. The molecule has 106 valence electrons. The van der Waals surface area contributed by atoms with Crippen LogP contribution in [-0.2, 0) is 0 Å². The molecule has 0 aliphatic carbocycles. The standard InChI is InChI=1S/C15H24BrN3/c1-11-8-12(4-5-14(11)16)15(9-17)19-7-6-13(10-19)18(2)3/h4-5,8,13,15H,6-7,9-10,17H2,1-3H3. The Hall–Kier alpha value is -0.420. The maximum atomic E-state index is 6.03. The van der Waals surface area contributed by atoms with Crippen LogP contribution in [-0.4, -0.2) is 49.6 Å². The SMILES string of the molecule is Cc1cc(C(CN)N2CCC(N(C)C)C2)ccc1Br. The molecule has 19 heavy (non-hydrogen) atoms. The van der Waals surface area contributed by atoms with Gasteiger partial charge >= 0.3 is 0 Å². The van der Waals surface area contributed by atoms with Crippen LogP contribution >= 0.6 is 15.9 Å². The van der Waals surface area contributed by atoms with Gasteiger partial charge in [0.15, 0.2) is 0 Å². The summed E-state index contributed by atoms with van der Waals surface area (Å²) in [5.41, 5.74) is 8.64. The maximum Gasteiger partial charge on any atom is 0.0471 e. The smallest absolute Gasteiger partial charge is 0.0471 e. The number of rotatable bonds is 4. The zero-order valence-electron chi connectivity index (χ0n) is 12.1. The minimum atomic E-state index is 0.344. The van der Waals surface area contributed by atoms with Crippen LogP contribution in [0, 0.1) is 6.92 Å². The summed E-state index contributed by atoms with van der Waals surface area (Å²) in [4.78, 5) is 4.84. The number of nitrogens with zero attached hydrogens (tertiary/aromatic N) is 2. The molecule has 4 heteroatoms. The average molecular weight is 326 g/mol. The van der Waals surface area contributed by atoms with Crippen LogP contribution < -0.4 is 5.73 Å². The molecular weight excluding hydrogens is 302 g/mol. The molecule has 2 unspecified atom stereocenters. The van der Waals surface area contributed by atoms with Gasteiger partial charge in [-0.15, -0.1) is 0 Å². The van der Waals surface area contributed by atoms with Crippen LogP contribution in [0.15, 0.2) is 22.7 Å². The lowest BCUT2D eigenvalue weighted by molar-refractivity contribution is 0.220. The summed E-state index contributed by atoms with van der Waals surface area (Å²) >= 11 is 3.56. The van der Waals surface area contributed by atoms with Crippen LogP contribution in [0.3, 0.4) is 0 Å². The highest BCUT2D eigenvalue weighted by molar-refractivity contribution is 9.10. The summed E-state index contributed by atoms with van der Waals surface area (Å²) < 4.78 is 1.17. The van der Waals surface area contributed by atoms with Gasteiger partial charge in [-0.25, -0.2) is 0 Å². The lowest BCUT2D eigenvalue weighted by atomic mass is 10.0. The second-order valence-electron chi connectivity index (χ2n) is 5.66. The van der Waals surface area contributed by atoms with Gasteiger partial charge in [-0.05, 0) is 44.6 Å². The first kappa shape index (κ1) is 15.0. The minimum absolute atomic E-state index is 0.344. The van der Waals surface area contributed by atoms with Crippen LogP contribution in [0.1, 0.15) is 23.6 Å². The first-order valence-corrected chi connectivity index (χ1v) is 7.68. The van der Waals surface area contributed by atoms with E-state index in [9.17, 15) is 0 Å². The van der Waals surface area contributed by atoms with Gasteiger partial charge in [0.25, 0.3) is 0 Å². The number of likely N-dealkylation sites (tertiary alicyclic amines) is 1. The van der Waals surface area contributed by atoms with E-state index in [0.717, 1.165) is 13.1 Å². The van der Waals surface area contributed by atoms with E-state index in [4.69, 9.17) is 5.73 Å². The van der Waals surface area contributed by atoms with E-state index >= 15 is 0 Å². The molecule has 1 saturated heterocycles. The number of hydrogen-bond acceptors (Lipinski definition) is 3.